The van der Waals surface area contributed by atoms with Crippen LogP contribution in [0.5, 0.6) is 0 Å². The van der Waals surface area contributed by atoms with Gasteiger partial charge in [-0.1, -0.05) is 57.9 Å². The van der Waals surface area contributed by atoms with Crippen LogP contribution in [0.2, 0.25) is 5.02 Å². The molecule has 0 fully saturated rings. The zero-order valence-electron chi connectivity index (χ0n) is 8.95. The lowest BCUT2D eigenvalue weighted by Crippen LogP contribution is -1.91. The summed E-state index contributed by atoms with van der Waals surface area (Å²) < 4.78 is 0. The zero-order chi connectivity index (χ0) is 12.3. The Labute approximate surface area is 114 Å². The standard InChI is InChI=1S/C14H9BrClN/c15-8-11-6-12(16)7-13(14(11)9-17)10-4-2-1-3-5-10/h1-7H,8H2. The van der Waals surface area contributed by atoms with Crippen molar-refractivity contribution in [3.05, 3.63) is 58.6 Å². The highest BCUT2D eigenvalue weighted by Gasteiger charge is 2.10. The van der Waals surface area contributed by atoms with Crippen LogP contribution in [0.4, 0.5) is 0 Å². The van der Waals surface area contributed by atoms with Crippen LogP contribution in [0.1, 0.15) is 11.1 Å². The van der Waals surface area contributed by atoms with Gasteiger partial charge in [0.05, 0.1) is 5.56 Å². The Bertz CT molecular complexity index is 573. The first-order chi connectivity index (χ1) is 8.26. The van der Waals surface area contributed by atoms with Crippen molar-refractivity contribution in [1.82, 2.24) is 0 Å². The van der Waals surface area contributed by atoms with Gasteiger partial charge in [-0.25, -0.2) is 0 Å². The van der Waals surface area contributed by atoms with Gasteiger partial charge in [0, 0.05) is 15.9 Å². The summed E-state index contributed by atoms with van der Waals surface area (Å²) in [6.45, 7) is 0. The molecule has 0 spiro atoms. The van der Waals surface area contributed by atoms with Crippen LogP contribution in [0, 0.1) is 11.3 Å². The van der Waals surface area contributed by atoms with Gasteiger partial charge >= 0.3 is 0 Å². The van der Waals surface area contributed by atoms with Gasteiger partial charge < -0.3 is 0 Å². The summed E-state index contributed by atoms with van der Waals surface area (Å²) in [6, 6.07) is 15.7. The van der Waals surface area contributed by atoms with Crippen molar-refractivity contribution in [2.45, 2.75) is 5.33 Å². The number of rotatable bonds is 2. The molecule has 3 heteroatoms. The maximum Gasteiger partial charge on any atom is 0.100 e. The van der Waals surface area contributed by atoms with Crippen LogP contribution in [-0.2, 0) is 5.33 Å². The van der Waals surface area contributed by atoms with Gasteiger partial charge in [-0.15, -0.1) is 0 Å². The number of hydrogen-bond acceptors (Lipinski definition) is 1. The number of hydrogen-bond donors (Lipinski definition) is 0. The first-order valence-electron chi connectivity index (χ1n) is 5.10. The third-order valence-electron chi connectivity index (χ3n) is 2.53. The first-order valence-corrected chi connectivity index (χ1v) is 6.60. The fourth-order valence-electron chi connectivity index (χ4n) is 1.75. The molecule has 0 heterocycles. The normalized spacial score (nSPS) is 9.94. The van der Waals surface area contributed by atoms with Gasteiger partial charge in [0.25, 0.3) is 0 Å². The minimum atomic E-state index is 0.621. The average Bonchev–Trinajstić information content (AvgIpc) is 2.38. The number of nitriles is 1. The molecular weight excluding hydrogens is 298 g/mol. The maximum absolute atomic E-state index is 9.27. The van der Waals surface area contributed by atoms with Crippen LogP contribution in [-0.4, -0.2) is 0 Å². The third-order valence-corrected chi connectivity index (χ3v) is 3.35. The van der Waals surface area contributed by atoms with Gasteiger partial charge in [0.1, 0.15) is 6.07 Å². The molecule has 0 aliphatic heterocycles. The number of benzene rings is 2. The molecule has 0 N–H and O–H groups in total. The summed E-state index contributed by atoms with van der Waals surface area (Å²) in [6.07, 6.45) is 0. The Morgan fingerprint density at radius 1 is 1.18 bits per heavy atom. The summed E-state index contributed by atoms with van der Waals surface area (Å²) in [4.78, 5) is 0. The molecule has 0 amide bonds. The predicted molar refractivity (Wildman–Crippen MR) is 74.2 cm³/mol. The van der Waals surface area contributed by atoms with Crippen LogP contribution >= 0.6 is 27.5 Å². The third kappa shape index (κ3) is 2.52. The van der Waals surface area contributed by atoms with Gasteiger partial charge in [0.2, 0.25) is 0 Å². The summed E-state index contributed by atoms with van der Waals surface area (Å²) in [5.41, 5.74) is 3.49. The molecule has 17 heavy (non-hydrogen) atoms. The Hall–Kier alpha value is -1.30. The fraction of sp³-hybridized carbons (Fsp3) is 0.0714. The molecule has 84 valence electrons. The van der Waals surface area contributed by atoms with Crippen molar-refractivity contribution in [3.63, 3.8) is 0 Å². The molecule has 0 radical (unpaired) electrons. The molecule has 0 aliphatic carbocycles. The zero-order valence-corrected chi connectivity index (χ0v) is 11.3. The van der Waals surface area contributed by atoms with Crippen molar-refractivity contribution >= 4 is 27.5 Å². The predicted octanol–water partition coefficient (Wildman–Crippen LogP) is 4.77. The molecule has 2 aromatic rings. The van der Waals surface area contributed by atoms with E-state index in [4.69, 9.17) is 11.6 Å². The highest BCUT2D eigenvalue weighted by atomic mass is 79.9. The van der Waals surface area contributed by atoms with Crippen molar-refractivity contribution < 1.29 is 0 Å². The average molecular weight is 307 g/mol. The molecule has 1 nitrogen and oxygen atoms in total. The second kappa shape index (κ2) is 5.35. The molecule has 0 saturated carbocycles. The van der Waals surface area contributed by atoms with E-state index in [1.165, 1.54) is 0 Å². The fourth-order valence-corrected chi connectivity index (χ4v) is 2.43. The minimum Gasteiger partial charge on any atom is -0.192 e. The SMILES string of the molecule is N#Cc1c(CBr)cc(Cl)cc1-c1ccccc1. The van der Waals surface area contributed by atoms with E-state index < -0.39 is 0 Å². The van der Waals surface area contributed by atoms with E-state index in [0.717, 1.165) is 16.7 Å². The van der Waals surface area contributed by atoms with Crippen LogP contribution in [0.3, 0.4) is 0 Å². The molecule has 2 rings (SSSR count). The molecular formula is C14H9BrClN. The summed E-state index contributed by atoms with van der Waals surface area (Å²) in [7, 11) is 0. The van der Waals surface area contributed by atoms with E-state index in [9.17, 15) is 5.26 Å². The summed E-state index contributed by atoms with van der Waals surface area (Å²) in [5, 5.41) is 10.5. The lowest BCUT2D eigenvalue weighted by Gasteiger charge is -2.09. The van der Waals surface area contributed by atoms with Crippen LogP contribution < -0.4 is 0 Å². The van der Waals surface area contributed by atoms with Gasteiger partial charge in [0.15, 0.2) is 0 Å². The molecule has 0 saturated heterocycles. The lowest BCUT2D eigenvalue weighted by atomic mass is 9.97. The first kappa shape index (κ1) is 12.2. The van der Waals surface area contributed by atoms with Crippen molar-refractivity contribution in [3.8, 4) is 17.2 Å². The largest absolute Gasteiger partial charge is 0.192 e. The summed E-state index contributed by atoms with van der Waals surface area (Å²) >= 11 is 9.46. The smallest absolute Gasteiger partial charge is 0.100 e. The minimum absolute atomic E-state index is 0.621. The monoisotopic (exact) mass is 305 g/mol. The lowest BCUT2D eigenvalue weighted by molar-refractivity contribution is 1.37. The molecule has 2 aromatic carbocycles. The molecule has 0 aromatic heterocycles. The quantitative estimate of drug-likeness (QED) is 0.733. The Morgan fingerprint density at radius 2 is 1.88 bits per heavy atom. The van der Waals surface area contributed by atoms with Gasteiger partial charge in [-0.05, 0) is 23.3 Å². The van der Waals surface area contributed by atoms with Crippen molar-refractivity contribution in [2.24, 2.45) is 0 Å². The van der Waals surface area contributed by atoms with Crippen LogP contribution in [0.15, 0.2) is 42.5 Å². The van der Waals surface area contributed by atoms with E-state index in [1.54, 1.807) is 0 Å². The molecule has 0 aliphatic rings. The van der Waals surface area contributed by atoms with E-state index in [0.29, 0.717) is 15.9 Å². The highest BCUT2D eigenvalue weighted by molar-refractivity contribution is 9.08. The number of alkyl halides is 1. The summed E-state index contributed by atoms with van der Waals surface area (Å²) in [5.74, 6) is 0. The van der Waals surface area contributed by atoms with Gasteiger partial charge in [-0.3, -0.25) is 0 Å². The Kier molecular flexibility index (Phi) is 3.83. The highest BCUT2D eigenvalue weighted by Crippen LogP contribution is 2.30. The van der Waals surface area contributed by atoms with Crippen molar-refractivity contribution in [1.29, 1.82) is 5.26 Å². The van der Waals surface area contributed by atoms with Gasteiger partial charge in [-0.2, -0.15) is 5.26 Å². The molecule has 0 bridgehead atoms. The number of nitrogens with zero attached hydrogens (tertiary/aromatic N) is 1. The van der Waals surface area contributed by atoms with Crippen LogP contribution in [0.25, 0.3) is 11.1 Å². The second-order valence-corrected chi connectivity index (χ2v) is 4.60. The number of halogens is 2. The van der Waals surface area contributed by atoms with E-state index >= 15 is 0 Å². The van der Waals surface area contributed by atoms with E-state index in [1.807, 2.05) is 42.5 Å². The Balaban J connectivity index is 2.70. The maximum atomic E-state index is 9.27. The second-order valence-electron chi connectivity index (χ2n) is 3.60. The Morgan fingerprint density at radius 3 is 2.47 bits per heavy atom. The van der Waals surface area contributed by atoms with E-state index in [2.05, 4.69) is 22.0 Å². The van der Waals surface area contributed by atoms with Crippen molar-refractivity contribution in [2.75, 3.05) is 0 Å². The van der Waals surface area contributed by atoms with E-state index in [-0.39, 0.29) is 0 Å². The molecule has 0 atom stereocenters. The molecule has 0 unspecified atom stereocenters. The topological polar surface area (TPSA) is 23.8 Å².